The second-order valence-electron chi connectivity index (χ2n) is 22.7. The Balaban J connectivity index is 4.47. The van der Waals surface area contributed by atoms with Crippen LogP contribution in [-0.2, 0) is 28.6 Å². The van der Waals surface area contributed by atoms with Crippen LogP contribution < -0.4 is 0 Å². The lowest BCUT2D eigenvalue weighted by Gasteiger charge is -2.18. The minimum Gasteiger partial charge on any atom is -0.462 e. The summed E-state index contributed by atoms with van der Waals surface area (Å²) in [6.07, 6.45) is 99.0. The summed E-state index contributed by atoms with van der Waals surface area (Å²) in [5.41, 5.74) is 0. The van der Waals surface area contributed by atoms with E-state index in [1.807, 2.05) is 0 Å². The fourth-order valence-electron chi connectivity index (χ4n) is 9.43. The fourth-order valence-corrected chi connectivity index (χ4v) is 9.43. The Morgan fingerprint density at radius 2 is 0.482 bits per heavy atom. The molecule has 0 saturated carbocycles. The molecule has 6 nitrogen and oxygen atoms in total. The number of carbonyl (C=O) groups is 3. The molecule has 83 heavy (non-hydrogen) atoms. The first-order chi connectivity index (χ1) is 41.0. The second kappa shape index (κ2) is 70.0. The maximum absolute atomic E-state index is 12.9. The zero-order chi connectivity index (χ0) is 59.9. The molecule has 1 atom stereocenters. The first-order valence-corrected chi connectivity index (χ1v) is 34.7. The number of hydrogen-bond donors (Lipinski definition) is 0. The number of rotatable bonds is 62. The van der Waals surface area contributed by atoms with Gasteiger partial charge in [-0.2, -0.15) is 0 Å². The van der Waals surface area contributed by atoms with Crippen molar-refractivity contribution in [2.24, 2.45) is 0 Å². The fraction of sp³-hybridized carbons (Fsp3) is 0.675. The number of carbonyl (C=O) groups excluding carboxylic acids is 3. The Labute approximate surface area is 513 Å². The van der Waals surface area contributed by atoms with Gasteiger partial charge in [0, 0.05) is 19.3 Å². The van der Waals surface area contributed by atoms with E-state index in [1.165, 1.54) is 161 Å². The topological polar surface area (TPSA) is 78.9 Å². The molecule has 0 bridgehead atoms. The summed E-state index contributed by atoms with van der Waals surface area (Å²) in [5, 5.41) is 0. The third-order valence-corrected chi connectivity index (χ3v) is 14.6. The summed E-state index contributed by atoms with van der Waals surface area (Å²) in [4.78, 5) is 38.4. The van der Waals surface area contributed by atoms with E-state index in [-0.39, 0.29) is 37.5 Å². The van der Waals surface area contributed by atoms with Gasteiger partial charge in [0.2, 0.25) is 0 Å². The molecule has 0 N–H and O–H groups in total. The van der Waals surface area contributed by atoms with Gasteiger partial charge in [-0.1, -0.05) is 296 Å². The van der Waals surface area contributed by atoms with E-state index in [2.05, 4.69) is 154 Å². The van der Waals surface area contributed by atoms with E-state index in [9.17, 15) is 14.4 Å². The molecule has 0 spiro atoms. The summed E-state index contributed by atoms with van der Waals surface area (Å²) in [6.45, 7) is 6.46. The van der Waals surface area contributed by atoms with E-state index in [4.69, 9.17) is 14.2 Å². The lowest BCUT2D eigenvalue weighted by Crippen LogP contribution is -2.30. The van der Waals surface area contributed by atoms with E-state index in [0.29, 0.717) is 19.3 Å². The van der Waals surface area contributed by atoms with Gasteiger partial charge >= 0.3 is 17.9 Å². The molecular formula is C77H128O6. The standard InChI is InChI=1S/C77H128O6/c1-4-7-10-13-16-19-22-25-28-31-33-35-37-38-40-41-43-46-49-52-55-58-61-64-67-70-76(79)82-73-74(72-81-75(78)69-66-63-60-57-54-51-48-45-30-27-24-21-18-15-12-9-6-3)83-77(80)71-68-65-62-59-56-53-50-47-44-42-39-36-34-32-29-26-23-20-17-14-11-8-5-2/h8,11,17-18,20-22,25-27,29-31,33-34,36,42,44,50,53,59,62,74H,4-7,9-10,12-16,19,23-24,28,32,35,37-41,43,45-49,51-52,54-58,60-61,63-73H2,1-3H3/b11-8-,20-17-,21-18-,25-22-,29-26-,30-27-,33-31-,36-34-,44-42-,53-50-,62-59-. The summed E-state index contributed by atoms with van der Waals surface area (Å²) in [6, 6.07) is 0. The molecule has 0 rings (SSSR count). The summed E-state index contributed by atoms with van der Waals surface area (Å²) >= 11 is 0. The van der Waals surface area contributed by atoms with Crippen molar-refractivity contribution in [3.05, 3.63) is 134 Å². The number of allylic oxidation sites excluding steroid dienone is 22. The van der Waals surface area contributed by atoms with Gasteiger partial charge in [-0.05, 0) is 135 Å². The predicted molar refractivity (Wildman–Crippen MR) is 362 cm³/mol. The minimum absolute atomic E-state index is 0.107. The highest BCUT2D eigenvalue weighted by Crippen LogP contribution is 2.16. The SMILES string of the molecule is CC/C=C\C/C=C\C/C=C\C/C=C\C/C=C\C/C=C\C/C=C\CCCC(=O)OC(COC(=O)CCCCCCCCC/C=C\C/C=C\CCCCC)COC(=O)CCCCCCCCCCCCCCC/C=C\C/C=C\CCCCCCC. The van der Waals surface area contributed by atoms with E-state index >= 15 is 0 Å². The van der Waals surface area contributed by atoms with Gasteiger partial charge in [0.25, 0.3) is 0 Å². The van der Waals surface area contributed by atoms with Gasteiger partial charge in [0.1, 0.15) is 13.2 Å². The zero-order valence-corrected chi connectivity index (χ0v) is 54.2. The first kappa shape index (κ1) is 78.5. The maximum atomic E-state index is 12.9. The molecule has 472 valence electrons. The Morgan fingerprint density at radius 1 is 0.253 bits per heavy atom. The van der Waals surface area contributed by atoms with Crippen LogP contribution >= 0.6 is 0 Å². The molecule has 1 unspecified atom stereocenters. The smallest absolute Gasteiger partial charge is 0.306 e. The highest BCUT2D eigenvalue weighted by atomic mass is 16.6. The van der Waals surface area contributed by atoms with Crippen molar-refractivity contribution in [3.8, 4) is 0 Å². The number of unbranched alkanes of at least 4 members (excludes halogenated alkanes) is 29. The van der Waals surface area contributed by atoms with Crippen LogP contribution in [0.3, 0.4) is 0 Å². The molecule has 0 aliphatic heterocycles. The van der Waals surface area contributed by atoms with Gasteiger partial charge in [-0.3, -0.25) is 14.4 Å². The highest BCUT2D eigenvalue weighted by molar-refractivity contribution is 5.71. The molecule has 0 aromatic rings. The molecule has 0 saturated heterocycles. The van der Waals surface area contributed by atoms with E-state index < -0.39 is 6.10 Å². The maximum Gasteiger partial charge on any atom is 0.306 e. The van der Waals surface area contributed by atoms with Crippen molar-refractivity contribution >= 4 is 17.9 Å². The Morgan fingerprint density at radius 3 is 0.795 bits per heavy atom. The Bertz CT molecular complexity index is 1750. The van der Waals surface area contributed by atoms with Gasteiger partial charge in [-0.15, -0.1) is 0 Å². The van der Waals surface area contributed by atoms with Gasteiger partial charge in [0.05, 0.1) is 0 Å². The first-order valence-electron chi connectivity index (χ1n) is 34.7. The van der Waals surface area contributed by atoms with Crippen molar-refractivity contribution in [2.45, 2.75) is 322 Å². The number of ether oxygens (including phenoxy) is 3. The largest absolute Gasteiger partial charge is 0.462 e. The summed E-state index contributed by atoms with van der Waals surface area (Å²) in [5.74, 6) is -0.969. The normalized spacial score (nSPS) is 13.0. The van der Waals surface area contributed by atoms with Crippen molar-refractivity contribution in [1.29, 1.82) is 0 Å². The van der Waals surface area contributed by atoms with Crippen molar-refractivity contribution in [3.63, 3.8) is 0 Å². The van der Waals surface area contributed by atoms with Crippen LogP contribution in [0.25, 0.3) is 0 Å². The van der Waals surface area contributed by atoms with Crippen LogP contribution in [0.4, 0.5) is 0 Å². The molecule has 0 heterocycles. The lowest BCUT2D eigenvalue weighted by molar-refractivity contribution is -0.167. The predicted octanol–water partition coefficient (Wildman–Crippen LogP) is 24.1. The second-order valence-corrected chi connectivity index (χ2v) is 22.7. The van der Waals surface area contributed by atoms with Crippen molar-refractivity contribution in [1.82, 2.24) is 0 Å². The van der Waals surface area contributed by atoms with E-state index in [0.717, 1.165) is 109 Å². The zero-order valence-electron chi connectivity index (χ0n) is 54.2. The average molecular weight is 1150 g/mol. The molecule has 0 aliphatic rings. The molecule has 0 fully saturated rings. The number of esters is 3. The van der Waals surface area contributed by atoms with Gasteiger partial charge in [0.15, 0.2) is 6.10 Å². The van der Waals surface area contributed by atoms with E-state index in [1.54, 1.807) is 0 Å². The van der Waals surface area contributed by atoms with Crippen LogP contribution in [0, 0.1) is 0 Å². The molecule has 0 aliphatic carbocycles. The quantitative estimate of drug-likeness (QED) is 0.0261. The third-order valence-electron chi connectivity index (χ3n) is 14.6. The average Bonchev–Trinajstić information content (AvgIpc) is 3.49. The minimum atomic E-state index is -0.819. The van der Waals surface area contributed by atoms with Gasteiger partial charge in [-0.25, -0.2) is 0 Å². The summed E-state index contributed by atoms with van der Waals surface area (Å²) in [7, 11) is 0. The molecule has 0 aromatic heterocycles. The van der Waals surface area contributed by atoms with Crippen LogP contribution in [-0.4, -0.2) is 37.2 Å². The van der Waals surface area contributed by atoms with Crippen molar-refractivity contribution in [2.75, 3.05) is 13.2 Å². The molecular weight excluding hydrogens is 1020 g/mol. The molecule has 0 amide bonds. The van der Waals surface area contributed by atoms with Crippen molar-refractivity contribution < 1.29 is 28.6 Å². The van der Waals surface area contributed by atoms with Gasteiger partial charge < -0.3 is 14.2 Å². The lowest BCUT2D eigenvalue weighted by atomic mass is 10.0. The van der Waals surface area contributed by atoms with Crippen LogP contribution in [0.2, 0.25) is 0 Å². The Hall–Kier alpha value is -4.45. The van der Waals surface area contributed by atoms with Crippen LogP contribution in [0.5, 0.6) is 0 Å². The van der Waals surface area contributed by atoms with Crippen LogP contribution in [0.1, 0.15) is 316 Å². The highest BCUT2D eigenvalue weighted by Gasteiger charge is 2.19. The monoisotopic (exact) mass is 1150 g/mol. The van der Waals surface area contributed by atoms with Crippen LogP contribution in [0.15, 0.2) is 134 Å². The summed E-state index contributed by atoms with van der Waals surface area (Å²) < 4.78 is 16.9. The molecule has 0 radical (unpaired) electrons. The third kappa shape index (κ3) is 68.2. The Kier molecular flexibility index (Phi) is 66.3. The molecule has 6 heteroatoms. The number of hydrogen-bond acceptors (Lipinski definition) is 6. The molecule has 0 aromatic carbocycles.